The summed E-state index contributed by atoms with van der Waals surface area (Å²) < 4.78 is 4.71. The van der Waals surface area contributed by atoms with Gasteiger partial charge in [0.05, 0.1) is 25.7 Å². The fourth-order valence-electron chi connectivity index (χ4n) is 2.33. The second-order valence-electron chi connectivity index (χ2n) is 5.66. The summed E-state index contributed by atoms with van der Waals surface area (Å²) in [5.41, 5.74) is 0.650. The van der Waals surface area contributed by atoms with E-state index in [1.165, 1.54) is 18.1 Å². The smallest absolute Gasteiger partial charge is 0.310 e. The number of rotatable bonds is 8. The van der Waals surface area contributed by atoms with Crippen LogP contribution in [-0.2, 0) is 14.3 Å². The molecule has 0 saturated heterocycles. The first-order valence-corrected chi connectivity index (χ1v) is 8.72. The fourth-order valence-corrected chi connectivity index (χ4v) is 2.80. The van der Waals surface area contributed by atoms with Crippen LogP contribution >= 0.6 is 23.2 Å². The Balaban J connectivity index is 2.98. The highest BCUT2D eigenvalue weighted by molar-refractivity contribution is 6.35. The number of carbonyl (C=O) groups is 2. The van der Waals surface area contributed by atoms with E-state index in [2.05, 4.69) is 0 Å². The second-order valence-corrected chi connectivity index (χ2v) is 6.50. The Morgan fingerprint density at radius 3 is 2.56 bits per heavy atom. The van der Waals surface area contributed by atoms with Crippen LogP contribution in [0.4, 0.5) is 0 Å². The lowest BCUT2D eigenvalue weighted by Crippen LogP contribution is -2.45. The monoisotopic (exact) mass is 387 g/mol. The molecule has 5 nitrogen and oxygen atoms in total. The van der Waals surface area contributed by atoms with Crippen molar-refractivity contribution >= 4 is 41.2 Å². The highest BCUT2D eigenvalue weighted by atomic mass is 35.5. The van der Waals surface area contributed by atoms with Crippen LogP contribution in [0.1, 0.15) is 25.8 Å². The maximum atomic E-state index is 12.6. The molecule has 7 heteroatoms. The van der Waals surface area contributed by atoms with E-state index in [0.717, 1.165) is 0 Å². The standard InChI is InChI=1S/C18H23Cl2NO4/c1-4-15(11-22)21(10-12(2)18(24)25-3)17(23)8-6-13-5-7-14(19)9-16(13)20/h5-9,12,15,22H,4,10-11H2,1-3H3/b8-6+. The van der Waals surface area contributed by atoms with Crippen LogP contribution in [0.15, 0.2) is 24.3 Å². The summed E-state index contributed by atoms with van der Waals surface area (Å²) in [6.45, 7) is 3.51. The van der Waals surface area contributed by atoms with Gasteiger partial charge in [-0.25, -0.2) is 0 Å². The van der Waals surface area contributed by atoms with Crippen molar-refractivity contribution in [1.29, 1.82) is 0 Å². The maximum Gasteiger partial charge on any atom is 0.310 e. The van der Waals surface area contributed by atoms with Crippen molar-refractivity contribution in [2.24, 2.45) is 5.92 Å². The number of carbonyl (C=O) groups excluding carboxylic acids is 2. The molecule has 1 amide bonds. The van der Waals surface area contributed by atoms with Crippen molar-refractivity contribution < 1.29 is 19.4 Å². The summed E-state index contributed by atoms with van der Waals surface area (Å²) in [5, 5.41) is 10.5. The van der Waals surface area contributed by atoms with Gasteiger partial charge in [-0.3, -0.25) is 9.59 Å². The summed E-state index contributed by atoms with van der Waals surface area (Å²) in [6, 6.07) is 4.59. The largest absolute Gasteiger partial charge is 0.469 e. The van der Waals surface area contributed by atoms with Gasteiger partial charge in [-0.05, 0) is 30.2 Å². The molecule has 0 bridgehead atoms. The molecule has 138 valence electrons. The van der Waals surface area contributed by atoms with Gasteiger partial charge >= 0.3 is 5.97 Å². The summed E-state index contributed by atoms with van der Waals surface area (Å²) in [4.78, 5) is 25.7. The average molecular weight is 388 g/mol. The number of hydrogen-bond acceptors (Lipinski definition) is 4. The van der Waals surface area contributed by atoms with Gasteiger partial charge in [-0.2, -0.15) is 0 Å². The van der Waals surface area contributed by atoms with Crippen LogP contribution in [-0.4, -0.2) is 48.2 Å². The molecular formula is C18H23Cl2NO4. The fraction of sp³-hybridized carbons (Fsp3) is 0.444. The first kappa shape index (κ1) is 21.5. The van der Waals surface area contributed by atoms with Crippen molar-refractivity contribution in [2.45, 2.75) is 26.3 Å². The van der Waals surface area contributed by atoms with E-state index >= 15 is 0 Å². The molecule has 2 unspecified atom stereocenters. The minimum atomic E-state index is -0.498. The van der Waals surface area contributed by atoms with E-state index in [-0.39, 0.29) is 25.1 Å². The quantitative estimate of drug-likeness (QED) is 0.548. The van der Waals surface area contributed by atoms with Gasteiger partial charge in [0.25, 0.3) is 0 Å². The molecular weight excluding hydrogens is 365 g/mol. The maximum absolute atomic E-state index is 12.6. The van der Waals surface area contributed by atoms with Crippen LogP contribution in [0.5, 0.6) is 0 Å². The van der Waals surface area contributed by atoms with Gasteiger partial charge < -0.3 is 14.7 Å². The number of ether oxygens (including phenoxy) is 1. The van der Waals surface area contributed by atoms with Gasteiger partial charge in [0, 0.05) is 22.7 Å². The molecule has 0 aliphatic rings. The number of methoxy groups -OCH3 is 1. The average Bonchev–Trinajstić information content (AvgIpc) is 2.59. The summed E-state index contributed by atoms with van der Waals surface area (Å²) in [7, 11) is 1.30. The third-order valence-electron chi connectivity index (χ3n) is 3.85. The van der Waals surface area contributed by atoms with Crippen LogP contribution in [0.3, 0.4) is 0 Å². The van der Waals surface area contributed by atoms with E-state index < -0.39 is 11.9 Å². The molecule has 0 spiro atoms. The highest BCUT2D eigenvalue weighted by Crippen LogP contribution is 2.22. The molecule has 0 saturated carbocycles. The zero-order chi connectivity index (χ0) is 19.0. The highest BCUT2D eigenvalue weighted by Gasteiger charge is 2.25. The van der Waals surface area contributed by atoms with E-state index in [9.17, 15) is 14.7 Å². The van der Waals surface area contributed by atoms with Crippen LogP contribution in [0.25, 0.3) is 6.08 Å². The van der Waals surface area contributed by atoms with Gasteiger partial charge in [-0.15, -0.1) is 0 Å². The van der Waals surface area contributed by atoms with Crippen LogP contribution in [0.2, 0.25) is 10.0 Å². The first-order chi connectivity index (χ1) is 11.8. The Morgan fingerprint density at radius 2 is 2.04 bits per heavy atom. The van der Waals surface area contributed by atoms with Crippen molar-refractivity contribution in [3.05, 3.63) is 39.9 Å². The minimum absolute atomic E-state index is 0.156. The molecule has 0 aliphatic carbocycles. The number of aliphatic hydroxyl groups is 1. The van der Waals surface area contributed by atoms with Gasteiger partial charge in [0.15, 0.2) is 0 Å². The molecule has 0 radical (unpaired) electrons. The molecule has 1 aromatic rings. The number of amides is 1. The number of halogens is 2. The Morgan fingerprint density at radius 1 is 1.36 bits per heavy atom. The first-order valence-electron chi connectivity index (χ1n) is 7.96. The lowest BCUT2D eigenvalue weighted by Gasteiger charge is -2.30. The number of benzene rings is 1. The normalized spacial score (nSPS) is 13.5. The SMILES string of the molecule is CCC(CO)N(CC(C)C(=O)OC)C(=O)/C=C/c1ccc(Cl)cc1Cl. The molecule has 1 aromatic carbocycles. The summed E-state index contributed by atoms with van der Waals surface area (Å²) in [5.74, 6) is -1.22. The van der Waals surface area contributed by atoms with Crippen LogP contribution < -0.4 is 0 Å². The Hall–Kier alpha value is -1.56. The van der Waals surface area contributed by atoms with Crippen LogP contribution in [0, 0.1) is 5.92 Å². The topological polar surface area (TPSA) is 66.8 Å². The molecule has 0 heterocycles. The Bertz CT molecular complexity index is 630. The molecule has 25 heavy (non-hydrogen) atoms. The molecule has 2 atom stereocenters. The summed E-state index contributed by atoms with van der Waals surface area (Å²) >= 11 is 11.9. The molecule has 1 rings (SSSR count). The predicted molar refractivity (Wildman–Crippen MR) is 99.6 cm³/mol. The van der Waals surface area contributed by atoms with Crippen molar-refractivity contribution in [2.75, 3.05) is 20.3 Å². The van der Waals surface area contributed by atoms with Crippen molar-refractivity contribution in [3.63, 3.8) is 0 Å². The number of aliphatic hydroxyl groups excluding tert-OH is 1. The Kier molecular flexibility index (Phi) is 8.97. The van der Waals surface area contributed by atoms with Gasteiger partial charge in [-0.1, -0.05) is 43.1 Å². The van der Waals surface area contributed by atoms with Gasteiger partial charge in [0.2, 0.25) is 5.91 Å². The third kappa shape index (κ3) is 6.34. The lowest BCUT2D eigenvalue weighted by molar-refractivity contribution is -0.146. The third-order valence-corrected chi connectivity index (χ3v) is 4.41. The molecule has 1 N–H and O–H groups in total. The van der Waals surface area contributed by atoms with Gasteiger partial charge in [0.1, 0.15) is 0 Å². The van der Waals surface area contributed by atoms with Crippen molar-refractivity contribution in [1.82, 2.24) is 4.90 Å². The number of hydrogen-bond donors (Lipinski definition) is 1. The van der Waals surface area contributed by atoms with E-state index in [0.29, 0.717) is 22.0 Å². The number of esters is 1. The zero-order valence-corrected chi connectivity index (χ0v) is 16.0. The summed E-state index contributed by atoms with van der Waals surface area (Å²) in [6.07, 6.45) is 3.52. The zero-order valence-electron chi connectivity index (χ0n) is 14.5. The molecule has 0 fully saturated rings. The van der Waals surface area contributed by atoms with E-state index in [1.54, 1.807) is 31.2 Å². The predicted octanol–water partition coefficient (Wildman–Crippen LogP) is 3.42. The van der Waals surface area contributed by atoms with Crippen molar-refractivity contribution in [3.8, 4) is 0 Å². The number of nitrogens with zero attached hydrogens (tertiary/aromatic N) is 1. The second kappa shape index (κ2) is 10.4. The minimum Gasteiger partial charge on any atom is -0.469 e. The lowest BCUT2D eigenvalue weighted by atomic mass is 10.1. The molecule has 0 aliphatic heterocycles. The molecule has 0 aromatic heterocycles. The van der Waals surface area contributed by atoms with E-state index in [1.807, 2.05) is 6.92 Å². The van der Waals surface area contributed by atoms with E-state index in [4.69, 9.17) is 27.9 Å². The Labute approximate surface area is 158 Å².